The molecule has 0 amide bonds. The monoisotopic (exact) mass is 1210 g/mol. The minimum Gasteiger partial charge on any atom is -0.744 e. The molecular formula is C58H90N2O21S2. The average Bonchev–Trinajstić information content (AvgIpc) is 2.64. The van der Waals surface area contributed by atoms with Gasteiger partial charge in [-0.05, 0) is 81.5 Å². The van der Waals surface area contributed by atoms with E-state index in [2.05, 4.69) is 9.48 Å². The van der Waals surface area contributed by atoms with Crippen LogP contribution in [0.3, 0.4) is 0 Å². The molecule has 2 aromatic rings. The lowest BCUT2D eigenvalue weighted by Gasteiger charge is -2.30. The summed E-state index contributed by atoms with van der Waals surface area (Å²) in [7, 11) is -4.53. The van der Waals surface area contributed by atoms with E-state index in [0.717, 1.165) is 22.8 Å². The largest absolute Gasteiger partial charge is 0.744 e. The summed E-state index contributed by atoms with van der Waals surface area (Å²) in [6, 6.07) is 8.97. The quantitative estimate of drug-likeness (QED) is 0.0358. The predicted molar refractivity (Wildman–Crippen MR) is 308 cm³/mol. The van der Waals surface area contributed by atoms with Crippen molar-refractivity contribution in [2.45, 2.75) is 73.0 Å². The lowest BCUT2D eigenvalue weighted by Crippen LogP contribution is -2.33. The summed E-state index contributed by atoms with van der Waals surface area (Å²) in [6.45, 7) is 14.2. The highest BCUT2D eigenvalue weighted by Crippen LogP contribution is 2.51. The topological polar surface area (TPSA) is 275 Å². The summed E-state index contributed by atoms with van der Waals surface area (Å²) in [5.74, 6) is -0.877. The van der Waals surface area contributed by atoms with Crippen molar-refractivity contribution in [1.82, 2.24) is 0 Å². The number of unbranched alkanes of at least 4 members (excludes halogenated alkanes) is 2. The maximum atomic E-state index is 12.5. The minimum absolute atomic E-state index is 0.0322. The number of rotatable bonds is 50. The van der Waals surface area contributed by atoms with E-state index in [0.29, 0.717) is 188 Å². The predicted octanol–water partition coefficient (Wildman–Crippen LogP) is 5.50. The lowest BCUT2D eigenvalue weighted by molar-refractivity contribution is -0.441. The molecule has 2 aromatic carbocycles. The van der Waals surface area contributed by atoms with Gasteiger partial charge in [-0.3, -0.25) is 9.35 Å². The molecule has 0 fully saturated rings. The van der Waals surface area contributed by atoms with Crippen LogP contribution in [-0.2, 0) is 97.4 Å². The molecule has 0 aromatic heterocycles. The van der Waals surface area contributed by atoms with Gasteiger partial charge in [0.05, 0.1) is 147 Å². The Kier molecular flexibility index (Phi) is 34.0. The summed E-state index contributed by atoms with van der Waals surface area (Å²) in [5, 5.41) is 9.31. The van der Waals surface area contributed by atoms with E-state index < -0.39 is 37.0 Å². The molecule has 470 valence electrons. The van der Waals surface area contributed by atoms with E-state index in [4.69, 9.17) is 61.6 Å². The Morgan fingerprint density at radius 3 is 1.46 bits per heavy atom. The zero-order valence-electron chi connectivity index (χ0n) is 49.1. The number of hydrogen-bond acceptors (Lipinski definition) is 20. The third-order valence-electron chi connectivity index (χ3n) is 13.9. The molecule has 0 saturated heterocycles. The number of methoxy groups -OCH3 is 3. The number of hydrogen-bond donors (Lipinski definition) is 2. The molecule has 83 heavy (non-hydrogen) atoms. The molecule has 0 saturated carbocycles. The van der Waals surface area contributed by atoms with Crippen LogP contribution in [0.15, 0.2) is 82.3 Å². The van der Waals surface area contributed by atoms with Gasteiger partial charge in [-0.25, -0.2) is 8.42 Å². The van der Waals surface area contributed by atoms with Gasteiger partial charge in [0.2, 0.25) is 5.69 Å². The zero-order chi connectivity index (χ0) is 60.2. The van der Waals surface area contributed by atoms with Crippen LogP contribution in [0.25, 0.3) is 0 Å². The summed E-state index contributed by atoms with van der Waals surface area (Å²) in [6.07, 6.45) is 12.1. The van der Waals surface area contributed by atoms with Gasteiger partial charge >= 0.3 is 5.97 Å². The first-order valence-corrected chi connectivity index (χ1v) is 31.0. The fourth-order valence-electron chi connectivity index (χ4n) is 9.45. The van der Waals surface area contributed by atoms with Crippen molar-refractivity contribution in [1.29, 1.82) is 0 Å². The lowest BCUT2D eigenvalue weighted by atomic mass is 9.76. The van der Waals surface area contributed by atoms with Crippen LogP contribution in [0.5, 0.6) is 0 Å². The highest BCUT2D eigenvalue weighted by molar-refractivity contribution is 7.86. The second-order valence-electron chi connectivity index (χ2n) is 19.7. The highest BCUT2D eigenvalue weighted by atomic mass is 32.2. The Labute approximate surface area is 491 Å². The third-order valence-corrected chi connectivity index (χ3v) is 15.5. The Morgan fingerprint density at radius 1 is 0.554 bits per heavy atom. The van der Waals surface area contributed by atoms with Gasteiger partial charge in [-0.1, -0.05) is 24.6 Å². The minimum atomic E-state index is -4.82. The number of fused-ring (bicyclic) bond motifs is 2. The number of carboxylic acids is 1. The number of anilines is 1. The fourth-order valence-corrected chi connectivity index (χ4v) is 10.5. The Hall–Kier alpha value is -4.10. The Morgan fingerprint density at radius 2 is 1.00 bits per heavy atom. The molecule has 2 aliphatic rings. The maximum Gasteiger partial charge on any atom is 0.303 e. The molecule has 0 spiro atoms. The zero-order valence-corrected chi connectivity index (χ0v) is 50.8. The van der Waals surface area contributed by atoms with Crippen LogP contribution in [0.2, 0.25) is 0 Å². The summed E-state index contributed by atoms with van der Waals surface area (Å²) in [4.78, 5) is 12.9. The molecule has 0 aliphatic carbocycles. The van der Waals surface area contributed by atoms with E-state index in [1.165, 1.54) is 24.3 Å². The highest BCUT2D eigenvalue weighted by Gasteiger charge is 2.48. The van der Waals surface area contributed by atoms with Crippen molar-refractivity contribution in [2.75, 3.05) is 191 Å². The molecule has 2 heterocycles. The number of carbonyl (C=O) groups is 1. The first-order valence-electron chi connectivity index (χ1n) is 28.2. The summed E-state index contributed by atoms with van der Waals surface area (Å²) < 4.78 is 147. The van der Waals surface area contributed by atoms with E-state index >= 15 is 0 Å². The number of ether oxygens (including phenoxy) is 13. The van der Waals surface area contributed by atoms with Gasteiger partial charge in [0.25, 0.3) is 10.1 Å². The number of benzene rings is 2. The third kappa shape index (κ3) is 25.0. The van der Waals surface area contributed by atoms with Gasteiger partial charge in [-0.15, -0.1) is 0 Å². The van der Waals surface area contributed by atoms with Gasteiger partial charge in [0.15, 0.2) is 12.3 Å². The molecule has 2 atom stereocenters. The second-order valence-corrected chi connectivity index (χ2v) is 22.5. The SMILES string of the molecule is COCCOCCOCCOCCOCCOCCC1(C)C(/C=C/C=C/C=C2/N(CCCCCC(=O)O)c3ccc(S(=O)(=O)[O-])cc3C2(C)CCOCCOCCOCCOCCOCCOC)=[N+](CCOC)c2ccc(S(=O)(=O)O)cc21. The standard InChI is InChI=1S/C58H90N2O21S2/c1-57(19-23-72-30-32-76-38-40-80-44-42-78-36-34-74-28-26-70-4)50-46-48(82(63,64)65)15-17-52(50)59(21-11-7-10-14-56(61)62)54(57)12-8-6-9-13-55-58(2,51-47-49(83(66,67)68)16-18-53(51)60(55)22-25-69-3)20-24-73-31-33-77-39-41-81-45-43-79-37-35-75-29-27-71-5/h6,8-9,12-13,15-18,46-47H,7,10-11,14,19-45H2,1-5H3,(H2-,61,62,63,64,65,66,67,68). The van der Waals surface area contributed by atoms with E-state index in [-0.39, 0.29) is 36.0 Å². The molecule has 25 heteroatoms. The molecule has 4 rings (SSSR count). The van der Waals surface area contributed by atoms with Crippen LogP contribution in [0.1, 0.15) is 63.5 Å². The van der Waals surface area contributed by atoms with Crippen LogP contribution in [0.4, 0.5) is 11.4 Å². The second kappa shape index (κ2) is 39.6. The van der Waals surface area contributed by atoms with Crippen molar-refractivity contribution in [3.05, 3.63) is 83.6 Å². The first-order chi connectivity index (χ1) is 40.0. The molecule has 0 radical (unpaired) electrons. The number of carboxylic acid groups (broad SMARTS) is 1. The van der Waals surface area contributed by atoms with Gasteiger partial charge in [0.1, 0.15) is 16.7 Å². The summed E-state index contributed by atoms with van der Waals surface area (Å²) in [5.41, 5.74) is 2.78. The molecule has 0 bridgehead atoms. The van der Waals surface area contributed by atoms with Gasteiger partial charge in [-0.2, -0.15) is 13.0 Å². The van der Waals surface area contributed by atoms with Crippen molar-refractivity contribution < 1.29 is 102 Å². The number of allylic oxidation sites excluding steroid dienone is 6. The average molecular weight is 1220 g/mol. The molecular weight excluding hydrogens is 1120 g/mol. The van der Waals surface area contributed by atoms with Crippen molar-refractivity contribution in [3.8, 4) is 0 Å². The van der Waals surface area contributed by atoms with E-state index in [9.17, 15) is 35.8 Å². The first kappa shape index (κ1) is 71.4. The van der Waals surface area contributed by atoms with E-state index in [1.807, 2.05) is 44.2 Å². The van der Waals surface area contributed by atoms with Crippen molar-refractivity contribution >= 4 is 43.3 Å². The van der Waals surface area contributed by atoms with Crippen LogP contribution < -0.4 is 4.90 Å². The van der Waals surface area contributed by atoms with Crippen LogP contribution >= 0.6 is 0 Å². The van der Waals surface area contributed by atoms with Crippen molar-refractivity contribution in [3.63, 3.8) is 0 Å². The Balaban J connectivity index is 1.49. The van der Waals surface area contributed by atoms with Crippen molar-refractivity contribution in [2.24, 2.45) is 0 Å². The number of aliphatic carboxylic acids is 1. The smallest absolute Gasteiger partial charge is 0.303 e. The van der Waals surface area contributed by atoms with E-state index in [1.54, 1.807) is 33.5 Å². The van der Waals surface area contributed by atoms with Crippen LogP contribution in [0, 0.1) is 0 Å². The Bertz CT molecular complexity index is 2560. The fraction of sp³-hybridized carbons (Fsp3) is 0.655. The normalized spacial score (nSPS) is 17.8. The molecule has 2 aliphatic heterocycles. The maximum absolute atomic E-state index is 12.5. The summed E-state index contributed by atoms with van der Waals surface area (Å²) >= 11 is 0. The van der Waals surface area contributed by atoms with Gasteiger partial charge < -0.3 is 76.1 Å². The van der Waals surface area contributed by atoms with Gasteiger partial charge in [0, 0.05) is 82.0 Å². The molecule has 23 nitrogen and oxygen atoms in total. The van der Waals surface area contributed by atoms with Crippen LogP contribution in [-0.4, -0.2) is 234 Å². The number of nitrogens with zero attached hydrogens (tertiary/aromatic N) is 2. The molecule has 2 unspecified atom stereocenters. The molecule has 2 N–H and O–H groups in total.